The van der Waals surface area contributed by atoms with Gasteiger partial charge in [0.1, 0.15) is 5.75 Å². The predicted octanol–water partition coefficient (Wildman–Crippen LogP) is 3.34. The Labute approximate surface area is 117 Å². The van der Waals surface area contributed by atoms with Gasteiger partial charge in [-0.05, 0) is 38.0 Å². The predicted molar refractivity (Wildman–Crippen MR) is 75.3 cm³/mol. The molecule has 0 aliphatic rings. The van der Waals surface area contributed by atoms with Crippen LogP contribution in [0.2, 0.25) is 0 Å². The zero-order valence-corrected chi connectivity index (χ0v) is 12.4. The van der Waals surface area contributed by atoms with Crippen molar-refractivity contribution in [2.45, 2.75) is 31.5 Å². The lowest BCUT2D eigenvalue weighted by Crippen LogP contribution is -2.13. The van der Waals surface area contributed by atoms with Gasteiger partial charge < -0.3 is 9.47 Å². The van der Waals surface area contributed by atoms with Crippen molar-refractivity contribution < 1.29 is 14.3 Å². The molecule has 1 rings (SSSR count). The van der Waals surface area contributed by atoms with Gasteiger partial charge in [-0.3, -0.25) is 4.79 Å². The lowest BCUT2D eigenvalue weighted by atomic mass is 10.1. The molecule has 0 bridgehead atoms. The fraction of sp³-hybridized carbons (Fsp3) is 0.500. The summed E-state index contributed by atoms with van der Waals surface area (Å²) in [5.41, 5.74) is 1.17. The van der Waals surface area contributed by atoms with Gasteiger partial charge in [-0.2, -0.15) is 0 Å². The zero-order chi connectivity index (χ0) is 13.4. The highest BCUT2D eigenvalue weighted by Crippen LogP contribution is 2.17. The molecule has 0 aliphatic carbocycles. The molecule has 1 aromatic carbocycles. The lowest BCUT2D eigenvalue weighted by molar-refractivity contribution is -0.143. The summed E-state index contributed by atoms with van der Waals surface area (Å²) in [6.45, 7) is 4.88. The highest BCUT2D eigenvalue weighted by Gasteiger charge is 2.12. The molecule has 0 saturated carbocycles. The van der Waals surface area contributed by atoms with Crippen LogP contribution in [0.3, 0.4) is 0 Å². The highest BCUT2D eigenvalue weighted by molar-refractivity contribution is 9.09. The molecule has 0 fully saturated rings. The Morgan fingerprint density at radius 2 is 1.89 bits per heavy atom. The minimum atomic E-state index is -0.162. The summed E-state index contributed by atoms with van der Waals surface area (Å²) in [4.78, 5) is 11.4. The Hall–Kier alpha value is -1.03. The van der Waals surface area contributed by atoms with E-state index in [0.717, 1.165) is 12.2 Å². The van der Waals surface area contributed by atoms with Crippen LogP contribution in [0.1, 0.15) is 25.8 Å². The molecule has 3 nitrogen and oxygen atoms in total. The van der Waals surface area contributed by atoms with Gasteiger partial charge in [-0.25, -0.2) is 0 Å². The van der Waals surface area contributed by atoms with Crippen LogP contribution in [0, 0.1) is 0 Å². The number of carbonyl (C=O) groups is 1. The number of alkyl halides is 1. The van der Waals surface area contributed by atoms with E-state index in [0.29, 0.717) is 19.6 Å². The number of halogens is 1. The maximum Gasteiger partial charge on any atom is 0.306 e. The minimum absolute atomic E-state index is 0.106. The molecule has 0 heterocycles. The SMILES string of the molecule is CCOC(=O)CC(Br)Cc1ccc(OCC)cc1. The van der Waals surface area contributed by atoms with Gasteiger partial charge in [-0.15, -0.1) is 0 Å². The Morgan fingerprint density at radius 3 is 2.44 bits per heavy atom. The van der Waals surface area contributed by atoms with Crippen molar-refractivity contribution in [3.05, 3.63) is 29.8 Å². The van der Waals surface area contributed by atoms with Crippen molar-refractivity contribution in [1.29, 1.82) is 0 Å². The molecule has 0 radical (unpaired) electrons. The third-order valence-electron chi connectivity index (χ3n) is 2.39. The van der Waals surface area contributed by atoms with Crippen LogP contribution in [0.5, 0.6) is 5.75 Å². The van der Waals surface area contributed by atoms with Gasteiger partial charge in [0, 0.05) is 4.83 Å². The molecule has 1 aromatic rings. The molecular formula is C14H19BrO3. The van der Waals surface area contributed by atoms with Crippen molar-refractivity contribution in [3.8, 4) is 5.75 Å². The molecule has 0 spiro atoms. The van der Waals surface area contributed by atoms with Crippen molar-refractivity contribution in [2.24, 2.45) is 0 Å². The maximum atomic E-state index is 11.3. The van der Waals surface area contributed by atoms with Crippen LogP contribution >= 0.6 is 15.9 Å². The average molecular weight is 315 g/mol. The summed E-state index contributed by atoms with van der Waals surface area (Å²) in [6.07, 6.45) is 1.19. The molecule has 4 heteroatoms. The molecule has 18 heavy (non-hydrogen) atoms. The van der Waals surface area contributed by atoms with Crippen molar-refractivity contribution in [1.82, 2.24) is 0 Å². The van der Waals surface area contributed by atoms with Gasteiger partial charge in [0.25, 0.3) is 0 Å². The average Bonchev–Trinajstić information content (AvgIpc) is 2.32. The zero-order valence-electron chi connectivity index (χ0n) is 10.8. The standard InChI is InChI=1S/C14H19BrO3/c1-3-17-13-7-5-11(6-8-13)9-12(15)10-14(16)18-4-2/h5-8,12H,3-4,9-10H2,1-2H3. The van der Waals surface area contributed by atoms with E-state index in [1.807, 2.05) is 38.1 Å². The summed E-state index contributed by atoms with van der Waals surface area (Å²) in [6, 6.07) is 7.93. The number of benzene rings is 1. The maximum absolute atomic E-state index is 11.3. The van der Waals surface area contributed by atoms with Crippen molar-refractivity contribution in [3.63, 3.8) is 0 Å². The second-order valence-corrected chi connectivity index (χ2v) is 5.18. The van der Waals surface area contributed by atoms with E-state index in [1.165, 1.54) is 5.56 Å². The van der Waals surface area contributed by atoms with E-state index in [-0.39, 0.29) is 10.8 Å². The third-order valence-corrected chi connectivity index (χ3v) is 3.03. The smallest absolute Gasteiger partial charge is 0.306 e. The van der Waals surface area contributed by atoms with Crippen molar-refractivity contribution in [2.75, 3.05) is 13.2 Å². The first-order valence-electron chi connectivity index (χ1n) is 6.17. The summed E-state index contributed by atoms with van der Waals surface area (Å²) in [5.74, 6) is 0.711. The number of esters is 1. The van der Waals surface area contributed by atoms with E-state index < -0.39 is 0 Å². The number of ether oxygens (including phenoxy) is 2. The normalized spacial score (nSPS) is 11.9. The first-order chi connectivity index (χ1) is 8.65. The molecule has 1 atom stereocenters. The first kappa shape index (κ1) is 15.0. The fourth-order valence-corrected chi connectivity index (χ4v) is 2.26. The van der Waals surface area contributed by atoms with Gasteiger partial charge >= 0.3 is 5.97 Å². The van der Waals surface area contributed by atoms with Gasteiger partial charge in [0.2, 0.25) is 0 Å². The number of hydrogen-bond donors (Lipinski definition) is 0. The monoisotopic (exact) mass is 314 g/mol. The summed E-state index contributed by atoms with van der Waals surface area (Å²) in [7, 11) is 0. The van der Waals surface area contributed by atoms with Crippen molar-refractivity contribution >= 4 is 21.9 Å². The highest BCUT2D eigenvalue weighted by atomic mass is 79.9. The Bertz CT molecular complexity index is 362. The summed E-state index contributed by atoms with van der Waals surface area (Å²) < 4.78 is 10.3. The van der Waals surface area contributed by atoms with Crippen LogP contribution in [-0.4, -0.2) is 24.0 Å². The quantitative estimate of drug-likeness (QED) is 0.572. The van der Waals surface area contributed by atoms with E-state index in [4.69, 9.17) is 9.47 Å². The number of hydrogen-bond acceptors (Lipinski definition) is 3. The second kappa shape index (κ2) is 8.14. The lowest BCUT2D eigenvalue weighted by Gasteiger charge is -2.10. The van der Waals surface area contributed by atoms with E-state index in [9.17, 15) is 4.79 Å². The molecule has 100 valence electrons. The largest absolute Gasteiger partial charge is 0.494 e. The molecule has 0 saturated heterocycles. The molecule has 0 aliphatic heterocycles. The summed E-state index contributed by atoms with van der Waals surface area (Å²) in [5, 5.41) is 0. The Morgan fingerprint density at radius 1 is 1.22 bits per heavy atom. The van der Waals surface area contributed by atoms with Gasteiger partial charge in [0.05, 0.1) is 19.6 Å². The van der Waals surface area contributed by atoms with E-state index in [1.54, 1.807) is 0 Å². The fourth-order valence-electron chi connectivity index (χ4n) is 1.62. The van der Waals surface area contributed by atoms with Gasteiger partial charge in [0.15, 0.2) is 0 Å². The van der Waals surface area contributed by atoms with Crippen LogP contribution in [0.15, 0.2) is 24.3 Å². The topological polar surface area (TPSA) is 35.5 Å². The molecule has 0 amide bonds. The minimum Gasteiger partial charge on any atom is -0.494 e. The Kier molecular flexibility index (Phi) is 6.80. The molecule has 0 aromatic heterocycles. The molecule has 1 unspecified atom stereocenters. The third kappa shape index (κ3) is 5.54. The van der Waals surface area contributed by atoms with E-state index >= 15 is 0 Å². The van der Waals surface area contributed by atoms with E-state index in [2.05, 4.69) is 15.9 Å². The van der Waals surface area contributed by atoms with Gasteiger partial charge in [-0.1, -0.05) is 28.1 Å². The molecular weight excluding hydrogens is 296 g/mol. The number of rotatable bonds is 7. The summed E-state index contributed by atoms with van der Waals surface area (Å²) >= 11 is 3.50. The van der Waals surface area contributed by atoms with Crippen LogP contribution in [0.25, 0.3) is 0 Å². The van der Waals surface area contributed by atoms with Crippen LogP contribution in [-0.2, 0) is 16.0 Å². The Balaban J connectivity index is 2.43. The first-order valence-corrected chi connectivity index (χ1v) is 7.08. The molecule has 0 N–H and O–H groups in total. The number of carbonyl (C=O) groups excluding carboxylic acids is 1. The van der Waals surface area contributed by atoms with Crippen LogP contribution in [0.4, 0.5) is 0 Å². The van der Waals surface area contributed by atoms with Crippen LogP contribution < -0.4 is 4.74 Å². The second-order valence-electron chi connectivity index (χ2n) is 3.89.